The molecular formula is C60H96N12O20. The maximum absolute atomic E-state index is 14.4. The first-order chi connectivity index (χ1) is 43.3. The molecule has 0 radical (unpaired) electrons. The number of carboxylic acids is 4. The third-order valence-corrected chi connectivity index (χ3v) is 14.5. The summed E-state index contributed by atoms with van der Waals surface area (Å²) < 4.78 is 0. The average molecular weight is 1310 g/mol. The van der Waals surface area contributed by atoms with E-state index in [4.69, 9.17) is 16.6 Å². The summed E-state index contributed by atoms with van der Waals surface area (Å²) in [4.78, 5) is 198. The van der Waals surface area contributed by atoms with E-state index in [2.05, 4.69) is 53.2 Å². The molecule has 1 aromatic rings. The Hall–Kier alpha value is -8.81. The van der Waals surface area contributed by atoms with Gasteiger partial charge in [-0.2, -0.15) is 0 Å². The van der Waals surface area contributed by atoms with E-state index >= 15 is 0 Å². The van der Waals surface area contributed by atoms with Crippen molar-refractivity contribution in [3.8, 4) is 0 Å². The van der Waals surface area contributed by atoms with E-state index in [1.165, 1.54) is 0 Å². The van der Waals surface area contributed by atoms with Crippen LogP contribution < -0.4 is 64.6 Å². The maximum atomic E-state index is 14.4. The van der Waals surface area contributed by atoms with Gasteiger partial charge in [-0.1, -0.05) is 77.8 Å². The first kappa shape index (κ1) is 81.2. The summed E-state index contributed by atoms with van der Waals surface area (Å²) in [6.07, 6.45) is -4.93. The summed E-state index contributed by atoms with van der Waals surface area (Å²) in [5.41, 5.74) is 12.0. The van der Waals surface area contributed by atoms with Crippen molar-refractivity contribution in [1.29, 1.82) is 0 Å². The zero-order valence-electron chi connectivity index (χ0n) is 53.2. The number of nitrogens with one attached hydrogen (secondary N) is 10. The molecule has 1 aromatic carbocycles. The Kier molecular flexibility index (Phi) is 38.7. The number of aliphatic hydroxyl groups is 1. The second-order valence-corrected chi connectivity index (χ2v) is 23.1. The van der Waals surface area contributed by atoms with Crippen LogP contribution in [-0.2, 0) is 78.3 Å². The lowest BCUT2D eigenvalue weighted by atomic mass is 10.00. The van der Waals surface area contributed by atoms with E-state index in [1.54, 1.807) is 71.9 Å². The van der Waals surface area contributed by atoms with E-state index in [0.717, 1.165) is 5.56 Å². The van der Waals surface area contributed by atoms with Crippen LogP contribution in [0.1, 0.15) is 163 Å². The fraction of sp³-hybridized carbons (Fsp3) is 0.650. The SMILES string of the molecule is CCCC[C@H](NC(=O)[C@H](CCC(N)=O)NC(=O)[C@H](CCCCN)NC(=O)[C@@H](CCc1ccccc1)NC(=O)[C@H](CC(C)C)NC(=O)CCC(=O)O)C(=O)N[C@@H](CCC(=O)O)C(=O)N[C@@H](CCC(=O)O)C(=O)N[C@@H](CCC(=O)O)C(=O)N[C@@H](CO)C(=O)N[C@H](C)C(C)C. The molecule has 0 heterocycles. The zero-order chi connectivity index (χ0) is 69.6. The van der Waals surface area contributed by atoms with Crippen molar-refractivity contribution in [1.82, 2.24) is 53.2 Å². The molecule has 0 fully saturated rings. The monoisotopic (exact) mass is 1300 g/mol. The van der Waals surface area contributed by atoms with Crippen molar-refractivity contribution < 1.29 is 97.5 Å². The summed E-state index contributed by atoms with van der Waals surface area (Å²) >= 11 is 0. The predicted octanol–water partition coefficient (Wildman–Crippen LogP) is -1.77. The van der Waals surface area contributed by atoms with Crippen molar-refractivity contribution in [2.45, 2.75) is 224 Å². The summed E-state index contributed by atoms with van der Waals surface area (Å²) in [5, 5.41) is 72.4. The molecule has 11 amide bonds. The highest BCUT2D eigenvalue weighted by Crippen LogP contribution is 2.14. The second kappa shape index (κ2) is 43.8. The number of nitrogens with two attached hydrogens (primary N) is 2. The Morgan fingerprint density at radius 2 is 0.750 bits per heavy atom. The number of aryl methyl sites for hydroxylation is 1. The molecule has 0 aliphatic heterocycles. The number of hydrogen-bond donors (Lipinski definition) is 17. The highest BCUT2D eigenvalue weighted by atomic mass is 16.4. The third-order valence-electron chi connectivity index (χ3n) is 14.5. The Labute approximate surface area is 534 Å². The molecule has 0 aliphatic rings. The largest absolute Gasteiger partial charge is 0.481 e. The molecule has 0 bridgehead atoms. The number of benzene rings is 1. The van der Waals surface area contributed by atoms with Crippen molar-refractivity contribution in [2.75, 3.05) is 13.2 Å². The van der Waals surface area contributed by atoms with Gasteiger partial charge in [0.2, 0.25) is 65.0 Å². The molecule has 0 unspecified atom stereocenters. The number of rotatable bonds is 48. The molecule has 0 aliphatic carbocycles. The molecule has 0 aromatic heterocycles. The maximum Gasteiger partial charge on any atom is 0.303 e. The number of carbonyl (C=O) groups excluding carboxylic acids is 11. The number of hydrogen-bond acceptors (Lipinski definition) is 17. The van der Waals surface area contributed by atoms with Crippen LogP contribution in [0.25, 0.3) is 0 Å². The number of carboxylic acid groups (broad SMARTS) is 4. The van der Waals surface area contributed by atoms with Crippen molar-refractivity contribution in [3.05, 3.63) is 35.9 Å². The predicted molar refractivity (Wildman–Crippen MR) is 329 cm³/mol. The second-order valence-electron chi connectivity index (χ2n) is 23.1. The lowest BCUT2D eigenvalue weighted by molar-refractivity contribution is -0.140. The number of primary amides is 1. The standard InChI is InChI=1S/C60H96N12O20/c1-7-8-16-37(52(84)68-41(21-26-48(76)77)56(88)69-42(22-27-49(78)79)57(89)70-43(23-28-50(80)81)58(90)72-45(32-73)60(92)63-35(6)34(4)5)65-55(87)40(20-24-46(62)74)67-53(85)38(17-12-13-30-61)66-54(86)39(19-18-36-14-10-9-11-15-36)71-59(91)44(31-33(2)3)64-47(75)25-29-51(82)83/h9-11,14-15,33-35,37-45,73H,7-8,12-13,16-32,61H2,1-6H3,(H2,62,74)(H,63,92)(H,64,75)(H,65,87)(H,66,86)(H,67,85)(H,68,84)(H,69,88)(H,70,89)(H,71,91)(H,72,90)(H,76,77)(H,78,79)(H,80,81)(H,82,83)/t35-,37+,38+,39-,40+,41+,42+,43+,44+,45+/m1/s1. The highest BCUT2D eigenvalue weighted by molar-refractivity contribution is 5.99. The minimum absolute atomic E-state index is 0.0319. The fourth-order valence-corrected chi connectivity index (χ4v) is 8.88. The van der Waals surface area contributed by atoms with Gasteiger partial charge in [-0.25, -0.2) is 0 Å². The normalized spacial score (nSPS) is 14.3. The van der Waals surface area contributed by atoms with Gasteiger partial charge in [0.1, 0.15) is 54.4 Å². The Balaban J connectivity index is 3.71. The third kappa shape index (κ3) is 33.9. The van der Waals surface area contributed by atoms with Gasteiger partial charge in [0.15, 0.2) is 0 Å². The molecule has 0 spiro atoms. The number of aliphatic hydroxyl groups excluding tert-OH is 1. The van der Waals surface area contributed by atoms with Crippen molar-refractivity contribution in [2.24, 2.45) is 23.3 Å². The number of carbonyl (C=O) groups is 15. The van der Waals surface area contributed by atoms with Crippen LogP contribution in [0.15, 0.2) is 30.3 Å². The molecule has 19 N–H and O–H groups in total. The first-order valence-electron chi connectivity index (χ1n) is 30.8. The molecule has 32 nitrogen and oxygen atoms in total. The lowest BCUT2D eigenvalue weighted by Crippen LogP contribution is -2.60. The summed E-state index contributed by atoms with van der Waals surface area (Å²) in [5.74, 6) is -16.7. The van der Waals surface area contributed by atoms with Gasteiger partial charge >= 0.3 is 23.9 Å². The quantitative estimate of drug-likeness (QED) is 0.0321. The number of unbranched alkanes of at least 4 members (excludes halogenated alkanes) is 2. The van der Waals surface area contributed by atoms with Crippen LogP contribution in [-0.4, -0.2) is 188 Å². The van der Waals surface area contributed by atoms with E-state index in [0.29, 0.717) is 12.8 Å². The van der Waals surface area contributed by atoms with Gasteiger partial charge in [0.05, 0.1) is 13.0 Å². The van der Waals surface area contributed by atoms with Crippen molar-refractivity contribution in [3.63, 3.8) is 0 Å². The van der Waals surface area contributed by atoms with Crippen LogP contribution in [0.2, 0.25) is 0 Å². The molecule has 10 atom stereocenters. The van der Waals surface area contributed by atoms with E-state index in [-0.39, 0.29) is 63.3 Å². The molecule has 92 heavy (non-hydrogen) atoms. The van der Waals surface area contributed by atoms with Gasteiger partial charge in [-0.05, 0) is 101 Å². The van der Waals surface area contributed by atoms with E-state index in [1.807, 2.05) is 0 Å². The molecular weight excluding hydrogens is 1210 g/mol. The zero-order valence-corrected chi connectivity index (χ0v) is 53.2. The van der Waals surface area contributed by atoms with Crippen LogP contribution in [0.4, 0.5) is 0 Å². The fourth-order valence-electron chi connectivity index (χ4n) is 8.88. The lowest BCUT2D eigenvalue weighted by Gasteiger charge is -2.28. The van der Waals surface area contributed by atoms with Crippen LogP contribution in [0.5, 0.6) is 0 Å². The first-order valence-corrected chi connectivity index (χ1v) is 30.8. The van der Waals surface area contributed by atoms with Gasteiger partial charge in [-0.3, -0.25) is 71.9 Å². The van der Waals surface area contributed by atoms with Gasteiger partial charge in [-0.15, -0.1) is 0 Å². The Morgan fingerprint density at radius 3 is 1.10 bits per heavy atom. The smallest absolute Gasteiger partial charge is 0.303 e. The summed E-state index contributed by atoms with van der Waals surface area (Å²) in [6, 6.07) is -5.90. The molecule has 0 saturated carbocycles. The van der Waals surface area contributed by atoms with Crippen LogP contribution in [0, 0.1) is 11.8 Å². The highest BCUT2D eigenvalue weighted by Gasteiger charge is 2.36. The summed E-state index contributed by atoms with van der Waals surface area (Å²) in [6.45, 7) is 9.78. The summed E-state index contributed by atoms with van der Waals surface area (Å²) in [7, 11) is 0. The van der Waals surface area contributed by atoms with Gasteiger partial charge < -0.3 is 90.2 Å². The van der Waals surface area contributed by atoms with E-state index in [9.17, 15) is 92.3 Å². The minimum atomic E-state index is -1.88. The Morgan fingerprint density at radius 1 is 0.402 bits per heavy atom. The van der Waals surface area contributed by atoms with Crippen molar-refractivity contribution >= 4 is 88.9 Å². The average Bonchev–Trinajstić information content (AvgIpc) is 1.28. The Bertz CT molecular complexity index is 2640. The molecule has 0 saturated heterocycles. The van der Waals surface area contributed by atoms with Gasteiger partial charge in [0, 0.05) is 38.1 Å². The van der Waals surface area contributed by atoms with Crippen LogP contribution in [0.3, 0.4) is 0 Å². The molecule has 32 heteroatoms. The number of amides is 11. The minimum Gasteiger partial charge on any atom is -0.481 e. The molecule has 1 rings (SSSR count). The number of aliphatic carboxylic acids is 4. The van der Waals surface area contributed by atoms with Crippen LogP contribution >= 0.6 is 0 Å². The topological polar surface area (TPSA) is 530 Å². The van der Waals surface area contributed by atoms with E-state index < -0.39 is 220 Å². The molecule has 516 valence electrons. The van der Waals surface area contributed by atoms with Gasteiger partial charge in [0.25, 0.3) is 0 Å².